The SMILES string of the molecule is Cc1nc2ccccc2c(C)c1CC(=O)N1CCO[C@@]2(CCOC2)C1. The molecule has 0 radical (unpaired) electrons. The van der Waals surface area contributed by atoms with Gasteiger partial charge in [-0.25, -0.2) is 0 Å². The minimum absolute atomic E-state index is 0.151. The van der Waals surface area contributed by atoms with Gasteiger partial charge in [0.05, 0.1) is 31.7 Å². The molecule has 25 heavy (non-hydrogen) atoms. The quantitative estimate of drug-likeness (QED) is 0.842. The van der Waals surface area contributed by atoms with Crippen LogP contribution in [0.2, 0.25) is 0 Å². The van der Waals surface area contributed by atoms with E-state index in [1.165, 1.54) is 0 Å². The van der Waals surface area contributed by atoms with E-state index in [9.17, 15) is 4.79 Å². The van der Waals surface area contributed by atoms with Crippen molar-refractivity contribution < 1.29 is 14.3 Å². The second-order valence-corrected chi connectivity index (χ2v) is 7.14. The molecule has 0 aliphatic carbocycles. The molecule has 5 heteroatoms. The van der Waals surface area contributed by atoms with Crippen LogP contribution in [0.5, 0.6) is 0 Å². The predicted octanol–water partition coefficient (Wildman–Crippen LogP) is 2.41. The number of ether oxygens (including phenoxy) is 2. The number of morpholine rings is 1. The minimum atomic E-state index is -0.292. The molecule has 2 aliphatic rings. The average Bonchev–Trinajstić information content (AvgIpc) is 3.06. The van der Waals surface area contributed by atoms with E-state index < -0.39 is 0 Å². The van der Waals surface area contributed by atoms with Gasteiger partial charge in [0.15, 0.2) is 0 Å². The van der Waals surface area contributed by atoms with E-state index in [2.05, 4.69) is 13.0 Å². The van der Waals surface area contributed by atoms with Crippen molar-refractivity contribution in [3.63, 3.8) is 0 Å². The molecule has 5 nitrogen and oxygen atoms in total. The van der Waals surface area contributed by atoms with E-state index in [1.807, 2.05) is 30.0 Å². The van der Waals surface area contributed by atoms with Crippen molar-refractivity contribution >= 4 is 16.8 Å². The summed E-state index contributed by atoms with van der Waals surface area (Å²) >= 11 is 0. The van der Waals surface area contributed by atoms with Gasteiger partial charge in [-0.15, -0.1) is 0 Å². The number of fused-ring (bicyclic) bond motifs is 1. The van der Waals surface area contributed by atoms with Gasteiger partial charge in [-0.05, 0) is 31.0 Å². The molecule has 0 N–H and O–H groups in total. The number of carbonyl (C=O) groups is 1. The Morgan fingerprint density at radius 3 is 2.92 bits per heavy atom. The number of rotatable bonds is 2. The Kier molecular flexibility index (Phi) is 4.21. The smallest absolute Gasteiger partial charge is 0.227 e. The number of nitrogens with zero attached hydrogens (tertiary/aromatic N) is 2. The van der Waals surface area contributed by atoms with Crippen LogP contribution in [0.15, 0.2) is 24.3 Å². The fourth-order valence-electron chi connectivity index (χ4n) is 3.98. The zero-order chi connectivity index (χ0) is 17.4. The van der Waals surface area contributed by atoms with Gasteiger partial charge in [-0.3, -0.25) is 9.78 Å². The molecule has 1 amide bonds. The molecule has 2 aromatic rings. The molecule has 1 aromatic heterocycles. The highest BCUT2D eigenvalue weighted by molar-refractivity contribution is 5.86. The Balaban J connectivity index is 1.57. The van der Waals surface area contributed by atoms with E-state index in [0.717, 1.165) is 40.8 Å². The fourth-order valence-corrected chi connectivity index (χ4v) is 3.98. The highest BCUT2D eigenvalue weighted by Crippen LogP contribution is 2.28. The Morgan fingerprint density at radius 1 is 1.28 bits per heavy atom. The van der Waals surface area contributed by atoms with Crippen LogP contribution in [0.3, 0.4) is 0 Å². The molecule has 132 valence electrons. The first-order chi connectivity index (χ1) is 12.1. The summed E-state index contributed by atoms with van der Waals surface area (Å²) in [6, 6.07) is 8.11. The summed E-state index contributed by atoms with van der Waals surface area (Å²) in [6.07, 6.45) is 1.26. The molecule has 3 heterocycles. The first kappa shape index (κ1) is 16.5. The number of aryl methyl sites for hydroxylation is 2. The van der Waals surface area contributed by atoms with E-state index >= 15 is 0 Å². The van der Waals surface area contributed by atoms with Gasteiger partial charge in [0.2, 0.25) is 5.91 Å². The number of hydrogen-bond donors (Lipinski definition) is 0. The monoisotopic (exact) mass is 340 g/mol. The highest BCUT2D eigenvalue weighted by Gasteiger charge is 2.41. The number of hydrogen-bond acceptors (Lipinski definition) is 4. The predicted molar refractivity (Wildman–Crippen MR) is 95.6 cm³/mol. The molecule has 2 aliphatic heterocycles. The van der Waals surface area contributed by atoms with Gasteiger partial charge < -0.3 is 14.4 Å². The average molecular weight is 340 g/mol. The van der Waals surface area contributed by atoms with E-state index in [1.54, 1.807) is 0 Å². The van der Waals surface area contributed by atoms with Crippen LogP contribution in [-0.2, 0) is 20.7 Å². The number of amides is 1. The van der Waals surface area contributed by atoms with Crippen molar-refractivity contribution in [2.75, 3.05) is 32.9 Å². The second kappa shape index (κ2) is 6.39. The minimum Gasteiger partial charge on any atom is -0.378 e. The first-order valence-corrected chi connectivity index (χ1v) is 8.92. The van der Waals surface area contributed by atoms with Crippen molar-refractivity contribution in [3.05, 3.63) is 41.1 Å². The topological polar surface area (TPSA) is 51.7 Å². The summed E-state index contributed by atoms with van der Waals surface area (Å²) in [5.41, 5.74) is 3.84. The van der Waals surface area contributed by atoms with Gasteiger partial charge in [-0.2, -0.15) is 0 Å². The molecule has 2 fully saturated rings. The van der Waals surface area contributed by atoms with Crippen molar-refractivity contribution in [1.29, 1.82) is 0 Å². The van der Waals surface area contributed by atoms with Gasteiger partial charge in [0.1, 0.15) is 5.60 Å². The third-order valence-electron chi connectivity index (χ3n) is 5.48. The normalized spacial score (nSPS) is 23.5. The third kappa shape index (κ3) is 3.02. The van der Waals surface area contributed by atoms with Crippen molar-refractivity contribution in [3.8, 4) is 0 Å². The van der Waals surface area contributed by atoms with Crippen molar-refractivity contribution in [2.45, 2.75) is 32.3 Å². The second-order valence-electron chi connectivity index (χ2n) is 7.14. The Morgan fingerprint density at radius 2 is 2.12 bits per heavy atom. The van der Waals surface area contributed by atoms with Crippen LogP contribution < -0.4 is 0 Å². The van der Waals surface area contributed by atoms with Crippen LogP contribution in [-0.4, -0.2) is 54.3 Å². The van der Waals surface area contributed by atoms with Gasteiger partial charge in [-0.1, -0.05) is 18.2 Å². The number of para-hydroxylation sites is 1. The van der Waals surface area contributed by atoms with Crippen LogP contribution >= 0.6 is 0 Å². The van der Waals surface area contributed by atoms with Gasteiger partial charge >= 0.3 is 0 Å². The van der Waals surface area contributed by atoms with Crippen molar-refractivity contribution in [1.82, 2.24) is 9.88 Å². The molecule has 0 bridgehead atoms. The molecule has 4 rings (SSSR count). The van der Waals surface area contributed by atoms with Crippen LogP contribution in [0, 0.1) is 13.8 Å². The van der Waals surface area contributed by atoms with E-state index in [0.29, 0.717) is 32.7 Å². The van der Waals surface area contributed by atoms with Crippen LogP contribution in [0.1, 0.15) is 23.2 Å². The maximum absolute atomic E-state index is 12.9. The fraction of sp³-hybridized carbons (Fsp3) is 0.500. The maximum atomic E-state index is 12.9. The highest BCUT2D eigenvalue weighted by atomic mass is 16.6. The largest absolute Gasteiger partial charge is 0.378 e. The molecule has 1 spiro atoms. The molecular weight excluding hydrogens is 316 g/mol. The standard InChI is InChI=1S/C20H24N2O3/c1-14-16-5-3-4-6-18(16)21-15(2)17(14)11-19(23)22-8-10-25-20(12-22)7-9-24-13-20/h3-6H,7-13H2,1-2H3/t20-/m0/s1. The molecular formula is C20H24N2O3. The van der Waals surface area contributed by atoms with Crippen LogP contribution in [0.4, 0.5) is 0 Å². The zero-order valence-corrected chi connectivity index (χ0v) is 14.9. The zero-order valence-electron chi connectivity index (χ0n) is 14.9. The van der Waals surface area contributed by atoms with Gasteiger partial charge in [0, 0.05) is 30.7 Å². The third-order valence-corrected chi connectivity index (χ3v) is 5.48. The summed E-state index contributed by atoms with van der Waals surface area (Å²) in [5, 5.41) is 1.12. The first-order valence-electron chi connectivity index (χ1n) is 8.92. The van der Waals surface area contributed by atoms with E-state index in [4.69, 9.17) is 14.5 Å². The Bertz CT molecular complexity index is 812. The number of aromatic nitrogens is 1. The molecule has 1 atom stereocenters. The number of benzene rings is 1. The summed E-state index contributed by atoms with van der Waals surface area (Å²) in [6.45, 7) is 7.26. The molecule has 2 saturated heterocycles. The summed E-state index contributed by atoms with van der Waals surface area (Å²) in [5.74, 6) is 0.151. The summed E-state index contributed by atoms with van der Waals surface area (Å²) in [7, 11) is 0. The van der Waals surface area contributed by atoms with Crippen LogP contribution in [0.25, 0.3) is 10.9 Å². The summed E-state index contributed by atoms with van der Waals surface area (Å²) < 4.78 is 11.4. The van der Waals surface area contributed by atoms with Gasteiger partial charge in [0.25, 0.3) is 0 Å². The van der Waals surface area contributed by atoms with Crippen molar-refractivity contribution in [2.24, 2.45) is 0 Å². The van der Waals surface area contributed by atoms with E-state index in [-0.39, 0.29) is 11.5 Å². The Hall–Kier alpha value is -1.98. The molecule has 0 unspecified atom stereocenters. The Labute approximate surface area is 147 Å². The lowest BCUT2D eigenvalue weighted by molar-refractivity contribution is -0.149. The summed E-state index contributed by atoms with van der Waals surface area (Å²) in [4.78, 5) is 19.6. The molecule has 0 saturated carbocycles. The lowest BCUT2D eigenvalue weighted by atomic mass is 9.97. The molecule has 1 aromatic carbocycles. The lowest BCUT2D eigenvalue weighted by Gasteiger charge is -2.39. The number of pyridine rings is 1. The number of carbonyl (C=O) groups excluding carboxylic acids is 1. The lowest BCUT2D eigenvalue weighted by Crippen LogP contribution is -2.54. The maximum Gasteiger partial charge on any atom is 0.227 e.